The van der Waals surface area contributed by atoms with Crippen molar-refractivity contribution in [2.45, 2.75) is 51.8 Å². The van der Waals surface area contributed by atoms with E-state index >= 15 is 4.39 Å². The first-order valence-electron chi connectivity index (χ1n) is 14.1. The summed E-state index contributed by atoms with van der Waals surface area (Å²) >= 11 is 0. The maximum atomic E-state index is 15.2. The summed E-state index contributed by atoms with van der Waals surface area (Å²) in [6.45, 7) is 13.6. The Labute approximate surface area is 234 Å². The standard InChI is InChI=1S/C28H39FN6O5/c1-28(2,3)40-27(39)34-14-10-32(11-15-34)7-6-31-8-12-33(13-9-31)23-16-19-18-35(26(38)20(19)17-21(23)29)22-4-5-24(36)30-25(22)37/h16-17,22H,4-15,18H2,1-3H3,(H,30,36,37). The average Bonchev–Trinajstić information content (AvgIpc) is 3.21. The van der Waals surface area contributed by atoms with Crippen LogP contribution in [0.4, 0.5) is 14.9 Å². The molecule has 0 saturated carbocycles. The normalized spacial score (nSPS) is 22.9. The van der Waals surface area contributed by atoms with E-state index in [0.717, 1.165) is 39.3 Å². The van der Waals surface area contributed by atoms with Gasteiger partial charge < -0.3 is 19.4 Å². The van der Waals surface area contributed by atoms with E-state index < -0.39 is 23.4 Å². The number of nitrogens with zero attached hydrogens (tertiary/aromatic N) is 5. The second kappa shape index (κ2) is 11.3. The molecule has 1 unspecified atom stereocenters. The fourth-order valence-electron chi connectivity index (χ4n) is 5.79. The Morgan fingerprint density at radius 1 is 0.975 bits per heavy atom. The van der Waals surface area contributed by atoms with Gasteiger partial charge >= 0.3 is 6.09 Å². The summed E-state index contributed by atoms with van der Waals surface area (Å²) in [5, 5.41) is 2.29. The molecule has 1 aromatic rings. The highest BCUT2D eigenvalue weighted by Crippen LogP contribution is 2.33. The molecule has 3 saturated heterocycles. The molecule has 4 heterocycles. The van der Waals surface area contributed by atoms with E-state index in [1.165, 1.54) is 11.0 Å². The molecule has 3 fully saturated rings. The molecule has 218 valence electrons. The van der Waals surface area contributed by atoms with Crippen molar-refractivity contribution >= 4 is 29.5 Å². The second-order valence-electron chi connectivity index (χ2n) is 12.0. The lowest BCUT2D eigenvalue weighted by atomic mass is 10.0. The van der Waals surface area contributed by atoms with Crippen LogP contribution in [0.15, 0.2) is 12.1 Å². The third-order valence-corrected chi connectivity index (χ3v) is 8.06. The van der Waals surface area contributed by atoms with Crippen LogP contribution in [0.3, 0.4) is 0 Å². The van der Waals surface area contributed by atoms with Gasteiger partial charge in [-0.2, -0.15) is 0 Å². The van der Waals surface area contributed by atoms with Gasteiger partial charge in [0, 0.05) is 84.0 Å². The Bertz CT molecular complexity index is 1170. The van der Waals surface area contributed by atoms with Crippen LogP contribution in [-0.2, 0) is 20.9 Å². The molecule has 4 aliphatic heterocycles. The highest BCUT2D eigenvalue weighted by Gasteiger charge is 2.40. The van der Waals surface area contributed by atoms with Crippen molar-refractivity contribution in [3.05, 3.63) is 29.1 Å². The molecule has 1 N–H and O–H groups in total. The molecule has 0 aliphatic carbocycles. The Morgan fingerprint density at radius 3 is 2.20 bits per heavy atom. The molecule has 5 rings (SSSR count). The van der Waals surface area contributed by atoms with E-state index in [4.69, 9.17) is 4.74 Å². The number of hydrogen-bond acceptors (Lipinski definition) is 8. The molecule has 4 aliphatic rings. The minimum Gasteiger partial charge on any atom is -0.444 e. The molecule has 12 heteroatoms. The quantitative estimate of drug-likeness (QED) is 0.539. The SMILES string of the molecule is CC(C)(C)OC(=O)N1CCN(CCN2CCN(c3cc4c(cc3F)C(=O)N(C3CCC(=O)NC3=O)C4)CC2)CC1. The maximum Gasteiger partial charge on any atom is 0.410 e. The zero-order valence-electron chi connectivity index (χ0n) is 23.6. The molecular weight excluding hydrogens is 519 g/mol. The maximum absolute atomic E-state index is 15.2. The number of piperazine rings is 2. The zero-order valence-corrected chi connectivity index (χ0v) is 23.6. The van der Waals surface area contributed by atoms with Crippen LogP contribution in [0, 0.1) is 5.82 Å². The summed E-state index contributed by atoms with van der Waals surface area (Å²) in [5.74, 6) is -1.61. The highest BCUT2D eigenvalue weighted by molar-refractivity contribution is 6.05. The third-order valence-electron chi connectivity index (χ3n) is 8.06. The van der Waals surface area contributed by atoms with Crippen LogP contribution >= 0.6 is 0 Å². The van der Waals surface area contributed by atoms with E-state index in [9.17, 15) is 19.2 Å². The summed E-state index contributed by atoms with van der Waals surface area (Å²) in [6.07, 6.45) is 0.208. The first-order chi connectivity index (χ1) is 19.0. The number of halogens is 1. The van der Waals surface area contributed by atoms with Gasteiger partial charge in [0.25, 0.3) is 5.91 Å². The number of amides is 4. The number of rotatable bonds is 5. The van der Waals surface area contributed by atoms with E-state index in [2.05, 4.69) is 15.1 Å². The fourth-order valence-corrected chi connectivity index (χ4v) is 5.79. The van der Waals surface area contributed by atoms with Crippen LogP contribution in [-0.4, -0.2) is 121 Å². The minimum absolute atomic E-state index is 0.183. The number of carbonyl (C=O) groups is 4. The third kappa shape index (κ3) is 6.22. The summed E-state index contributed by atoms with van der Waals surface area (Å²) in [4.78, 5) is 59.0. The van der Waals surface area contributed by atoms with Crippen molar-refractivity contribution in [1.29, 1.82) is 0 Å². The van der Waals surface area contributed by atoms with Gasteiger partial charge in [0.1, 0.15) is 17.5 Å². The number of fused-ring (bicyclic) bond motifs is 1. The van der Waals surface area contributed by atoms with Gasteiger partial charge in [-0.15, -0.1) is 0 Å². The molecule has 40 heavy (non-hydrogen) atoms. The number of piperidine rings is 1. The lowest BCUT2D eigenvalue weighted by molar-refractivity contribution is -0.136. The number of ether oxygens (including phenoxy) is 1. The topological polar surface area (TPSA) is 106 Å². The number of imide groups is 1. The lowest BCUT2D eigenvalue weighted by Gasteiger charge is -2.39. The van der Waals surface area contributed by atoms with Gasteiger partial charge in [-0.25, -0.2) is 9.18 Å². The second-order valence-corrected chi connectivity index (χ2v) is 12.0. The molecule has 0 aromatic heterocycles. The molecular formula is C28H39FN6O5. The first-order valence-corrected chi connectivity index (χ1v) is 14.1. The fraction of sp³-hybridized carbons (Fsp3) is 0.643. The zero-order chi connectivity index (χ0) is 28.6. The van der Waals surface area contributed by atoms with Gasteiger partial charge in [0.15, 0.2) is 0 Å². The summed E-state index contributed by atoms with van der Waals surface area (Å²) in [5.41, 5.74) is 0.983. The van der Waals surface area contributed by atoms with E-state index in [1.54, 1.807) is 11.0 Å². The monoisotopic (exact) mass is 558 g/mol. The molecule has 0 radical (unpaired) electrons. The Morgan fingerprint density at radius 2 is 1.60 bits per heavy atom. The number of carbonyl (C=O) groups excluding carboxylic acids is 4. The molecule has 11 nitrogen and oxygen atoms in total. The van der Waals surface area contributed by atoms with Crippen molar-refractivity contribution in [2.75, 3.05) is 70.3 Å². The van der Waals surface area contributed by atoms with Gasteiger partial charge in [0.05, 0.1) is 5.69 Å². The molecule has 0 spiro atoms. The van der Waals surface area contributed by atoms with Crippen LogP contribution in [0.2, 0.25) is 0 Å². The predicted molar refractivity (Wildman–Crippen MR) is 145 cm³/mol. The van der Waals surface area contributed by atoms with Crippen LogP contribution in [0.25, 0.3) is 0 Å². The van der Waals surface area contributed by atoms with Crippen LogP contribution in [0.5, 0.6) is 0 Å². The molecule has 1 atom stereocenters. The Balaban J connectivity index is 1.10. The molecule has 0 bridgehead atoms. The van der Waals surface area contributed by atoms with Crippen molar-refractivity contribution in [3.63, 3.8) is 0 Å². The molecule has 1 aromatic carbocycles. The summed E-state index contributed by atoms with van der Waals surface area (Å²) in [7, 11) is 0. The largest absolute Gasteiger partial charge is 0.444 e. The predicted octanol–water partition coefficient (Wildman–Crippen LogP) is 1.26. The van der Waals surface area contributed by atoms with Crippen molar-refractivity contribution < 1.29 is 28.3 Å². The number of hydrogen-bond donors (Lipinski definition) is 1. The number of benzene rings is 1. The highest BCUT2D eigenvalue weighted by atomic mass is 19.1. The van der Waals surface area contributed by atoms with Crippen LogP contribution < -0.4 is 10.2 Å². The van der Waals surface area contributed by atoms with Gasteiger partial charge in [-0.05, 0) is 44.9 Å². The van der Waals surface area contributed by atoms with Crippen LogP contribution in [0.1, 0.15) is 49.5 Å². The van der Waals surface area contributed by atoms with Gasteiger partial charge in [-0.3, -0.25) is 29.5 Å². The van der Waals surface area contributed by atoms with Crippen molar-refractivity contribution in [1.82, 2.24) is 24.9 Å². The first kappa shape index (κ1) is 28.3. The summed E-state index contributed by atoms with van der Waals surface area (Å²) in [6, 6.07) is 2.32. The van der Waals surface area contributed by atoms with Crippen molar-refractivity contribution in [3.8, 4) is 0 Å². The van der Waals surface area contributed by atoms with Gasteiger partial charge in [-0.1, -0.05) is 0 Å². The number of anilines is 1. The number of nitrogens with one attached hydrogen (secondary N) is 1. The van der Waals surface area contributed by atoms with Gasteiger partial charge in [0.2, 0.25) is 11.8 Å². The van der Waals surface area contributed by atoms with Crippen molar-refractivity contribution in [2.24, 2.45) is 0 Å². The minimum atomic E-state index is -0.715. The smallest absolute Gasteiger partial charge is 0.410 e. The molecule has 4 amide bonds. The van der Waals surface area contributed by atoms with E-state index in [0.29, 0.717) is 37.4 Å². The Hall–Kier alpha value is -3.25. The van der Waals surface area contributed by atoms with E-state index in [-0.39, 0.29) is 42.9 Å². The Kier molecular flexibility index (Phi) is 8.01. The average molecular weight is 559 g/mol. The van der Waals surface area contributed by atoms with E-state index in [1.807, 2.05) is 25.7 Å². The summed E-state index contributed by atoms with van der Waals surface area (Å²) < 4.78 is 20.6. The lowest BCUT2D eigenvalue weighted by Crippen LogP contribution is -2.53.